The predicted molar refractivity (Wildman–Crippen MR) is 80.7 cm³/mol. The van der Waals surface area contributed by atoms with Crippen molar-refractivity contribution in [3.63, 3.8) is 0 Å². The molecule has 5 nitrogen and oxygen atoms in total. The number of rotatable bonds is 4. The summed E-state index contributed by atoms with van der Waals surface area (Å²) in [5, 5.41) is 12.7. The van der Waals surface area contributed by atoms with Crippen molar-refractivity contribution in [2.24, 2.45) is 0 Å². The van der Waals surface area contributed by atoms with Crippen LogP contribution in [0.4, 0.5) is 0 Å². The van der Waals surface area contributed by atoms with E-state index in [4.69, 9.17) is 5.11 Å². The summed E-state index contributed by atoms with van der Waals surface area (Å²) >= 11 is 0.967. The minimum absolute atomic E-state index is 0.158. The molecule has 0 aliphatic carbocycles. The Morgan fingerprint density at radius 2 is 1.90 bits per heavy atom. The fourth-order valence-electron chi connectivity index (χ4n) is 2.07. The van der Waals surface area contributed by atoms with E-state index in [1.807, 2.05) is 30.3 Å². The fourth-order valence-corrected chi connectivity index (χ4v) is 2.83. The highest BCUT2D eigenvalue weighted by molar-refractivity contribution is 7.15. The number of aromatic nitrogens is 1. The number of carboxylic acids is 1. The SMILES string of the molecule is O=C(O)c1ccc(C(=O)NCc2cc3ccccc3[nH]2)s1. The highest BCUT2D eigenvalue weighted by Crippen LogP contribution is 2.17. The Morgan fingerprint density at radius 3 is 2.62 bits per heavy atom. The van der Waals surface area contributed by atoms with Crippen LogP contribution in [0.1, 0.15) is 25.0 Å². The summed E-state index contributed by atoms with van der Waals surface area (Å²) in [6.07, 6.45) is 0. The van der Waals surface area contributed by atoms with Crippen molar-refractivity contribution in [1.82, 2.24) is 10.3 Å². The third-order valence-electron chi connectivity index (χ3n) is 3.07. The average molecular weight is 300 g/mol. The summed E-state index contributed by atoms with van der Waals surface area (Å²) in [6.45, 7) is 0.369. The monoisotopic (exact) mass is 300 g/mol. The highest BCUT2D eigenvalue weighted by Gasteiger charge is 2.12. The number of fused-ring (bicyclic) bond motifs is 1. The van der Waals surface area contributed by atoms with Gasteiger partial charge < -0.3 is 15.4 Å². The molecular formula is C15H12N2O3S. The topological polar surface area (TPSA) is 82.2 Å². The van der Waals surface area contributed by atoms with Gasteiger partial charge in [-0.3, -0.25) is 4.79 Å². The molecule has 106 valence electrons. The van der Waals surface area contributed by atoms with Gasteiger partial charge in [-0.25, -0.2) is 4.79 Å². The van der Waals surface area contributed by atoms with Crippen molar-refractivity contribution < 1.29 is 14.7 Å². The van der Waals surface area contributed by atoms with Gasteiger partial charge in [0.2, 0.25) is 0 Å². The predicted octanol–water partition coefficient (Wildman–Crippen LogP) is 2.86. The number of para-hydroxylation sites is 1. The first-order chi connectivity index (χ1) is 10.1. The van der Waals surface area contributed by atoms with Gasteiger partial charge in [-0.05, 0) is 29.7 Å². The van der Waals surface area contributed by atoms with Crippen molar-refractivity contribution in [3.05, 3.63) is 57.9 Å². The quantitative estimate of drug-likeness (QED) is 0.693. The normalized spacial score (nSPS) is 10.7. The third kappa shape index (κ3) is 2.80. The number of thiophene rings is 1. The lowest BCUT2D eigenvalue weighted by atomic mass is 10.2. The zero-order chi connectivity index (χ0) is 14.8. The lowest BCUT2D eigenvalue weighted by molar-refractivity contribution is 0.0702. The van der Waals surface area contributed by atoms with Crippen LogP contribution in [0, 0.1) is 0 Å². The molecule has 0 spiro atoms. The van der Waals surface area contributed by atoms with E-state index in [1.165, 1.54) is 12.1 Å². The third-order valence-corrected chi connectivity index (χ3v) is 4.14. The molecule has 0 aliphatic heterocycles. The van der Waals surface area contributed by atoms with Crippen LogP contribution in [0.15, 0.2) is 42.5 Å². The Morgan fingerprint density at radius 1 is 1.14 bits per heavy atom. The van der Waals surface area contributed by atoms with Crippen LogP contribution in [0.2, 0.25) is 0 Å². The summed E-state index contributed by atoms with van der Waals surface area (Å²) in [4.78, 5) is 26.5. The van der Waals surface area contributed by atoms with Crippen molar-refractivity contribution in [1.29, 1.82) is 0 Å². The number of carboxylic acid groups (broad SMARTS) is 1. The molecule has 6 heteroatoms. The van der Waals surface area contributed by atoms with Crippen LogP contribution < -0.4 is 5.32 Å². The molecule has 3 aromatic rings. The Labute approximate surface area is 124 Å². The van der Waals surface area contributed by atoms with Crippen LogP contribution in [0.5, 0.6) is 0 Å². The molecule has 1 amide bonds. The number of amides is 1. The fraction of sp³-hybridized carbons (Fsp3) is 0.0667. The molecule has 2 aromatic heterocycles. The number of nitrogens with one attached hydrogen (secondary N) is 2. The molecular weight excluding hydrogens is 288 g/mol. The molecule has 0 fully saturated rings. The van der Waals surface area contributed by atoms with Crippen molar-refractivity contribution in [3.8, 4) is 0 Å². The first-order valence-electron chi connectivity index (χ1n) is 6.31. The van der Waals surface area contributed by atoms with Gasteiger partial charge in [-0.1, -0.05) is 18.2 Å². The van der Waals surface area contributed by atoms with E-state index in [9.17, 15) is 9.59 Å². The highest BCUT2D eigenvalue weighted by atomic mass is 32.1. The smallest absolute Gasteiger partial charge is 0.345 e. The minimum atomic E-state index is -1.02. The first kappa shape index (κ1) is 13.4. The van der Waals surface area contributed by atoms with Crippen molar-refractivity contribution >= 4 is 34.1 Å². The van der Waals surface area contributed by atoms with E-state index in [1.54, 1.807) is 0 Å². The maximum Gasteiger partial charge on any atom is 0.345 e. The van der Waals surface area contributed by atoms with Crippen molar-refractivity contribution in [2.75, 3.05) is 0 Å². The molecule has 21 heavy (non-hydrogen) atoms. The molecule has 0 unspecified atom stereocenters. The number of carbonyl (C=O) groups is 2. The first-order valence-corrected chi connectivity index (χ1v) is 7.13. The van der Waals surface area contributed by atoms with Crippen LogP contribution in [-0.4, -0.2) is 22.0 Å². The van der Waals surface area contributed by atoms with E-state index >= 15 is 0 Å². The maximum atomic E-state index is 12.0. The molecule has 0 bridgehead atoms. The molecule has 0 saturated heterocycles. The van der Waals surface area contributed by atoms with E-state index in [2.05, 4.69) is 10.3 Å². The van der Waals surface area contributed by atoms with Crippen LogP contribution in [0.3, 0.4) is 0 Å². The molecule has 0 atom stereocenters. The lowest BCUT2D eigenvalue weighted by Gasteiger charge is -2.01. The summed E-state index contributed by atoms with van der Waals surface area (Å²) in [5.74, 6) is -1.29. The van der Waals surface area contributed by atoms with Crippen LogP contribution in [-0.2, 0) is 6.54 Å². The zero-order valence-corrected chi connectivity index (χ0v) is 11.7. The molecule has 3 N–H and O–H groups in total. The summed E-state index contributed by atoms with van der Waals surface area (Å²) < 4.78 is 0. The Kier molecular flexibility index (Phi) is 3.45. The second-order valence-corrected chi connectivity index (χ2v) is 5.62. The van der Waals surface area contributed by atoms with Gasteiger partial charge in [0.05, 0.1) is 11.4 Å². The van der Waals surface area contributed by atoms with E-state index in [0.717, 1.165) is 27.9 Å². The second kappa shape index (κ2) is 5.41. The standard InChI is InChI=1S/C15H12N2O3S/c18-14(12-5-6-13(21-12)15(19)20)16-8-10-7-9-3-1-2-4-11(9)17-10/h1-7,17H,8H2,(H,16,18)(H,19,20). The largest absolute Gasteiger partial charge is 0.477 e. The molecule has 0 aliphatic rings. The summed E-state index contributed by atoms with van der Waals surface area (Å²) in [6, 6.07) is 12.8. The summed E-state index contributed by atoms with van der Waals surface area (Å²) in [7, 11) is 0. The van der Waals surface area contributed by atoms with Crippen LogP contribution in [0.25, 0.3) is 10.9 Å². The zero-order valence-electron chi connectivity index (χ0n) is 10.9. The number of hydrogen-bond acceptors (Lipinski definition) is 3. The molecule has 0 saturated carbocycles. The maximum absolute atomic E-state index is 12.0. The van der Waals surface area contributed by atoms with Crippen LogP contribution >= 0.6 is 11.3 Å². The number of carbonyl (C=O) groups excluding carboxylic acids is 1. The van der Waals surface area contributed by atoms with Crippen molar-refractivity contribution in [2.45, 2.75) is 6.54 Å². The van der Waals surface area contributed by atoms with Gasteiger partial charge in [0.1, 0.15) is 4.88 Å². The Balaban J connectivity index is 1.68. The van der Waals surface area contributed by atoms with E-state index in [-0.39, 0.29) is 10.8 Å². The van der Waals surface area contributed by atoms with Gasteiger partial charge >= 0.3 is 5.97 Å². The number of H-pyrrole nitrogens is 1. The molecule has 2 heterocycles. The van der Waals surface area contributed by atoms with Gasteiger partial charge in [-0.2, -0.15) is 0 Å². The van der Waals surface area contributed by atoms with Gasteiger partial charge in [0, 0.05) is 11.2 Å². The Hall–Kier alpha value is -2.60. The average Bonchev–Trinajstić information content (AvgIpc) is 3.11. The van der Waals surface area contributed by atoms with Gasteiger partial charge in [-0.15, -0.1) is 11.3 Å². The van der Waals surface area contributed by atoms with E-state index < -0.39 is 5.97 Å². The minimum Gasteiger partial charge on any atom is -0.477 e. The number of aromatic amines is 1. The Bertz CT molecular complexity index is 786. The molecule has 3 rings (SSSR count). The second-order valence-electron chi connectivity index (χ2n) is 4.53. The number of hydrogen-bond donors (Lipinski definition) is 3. The molecule has 0 radical (unpaired) electrons. The lowest BCUT2D eigenvalue weighted by Crippen LogP contribution is -2.21. The number of aromatic carboxylic acids is 1. The summed E-state index contributed by atoms with van der Waals surface area (Å²) in [5.41, 5.74) is 1.92. The van der Waals surface area contributed by atoms with Gasteiger partial charge in [0.15, 0.2) is 0 Å². The molecule has 1 aromatic carbocycles. The number of benzene rings is 1. The van der Waals surface area contributed by atoms with Gasteiger partial charge in [0.25, 0.3) is 5.91 Å². The van der Waals surface area contributed by atoms with E-state index in [0.29, 0.717) is 11.4 Å².